The van der Waals surface area contributed by atoms with Gasteiger partial charge in [0.1, 0.15) is 6.61 Å². The first kappa shape index (κ1) is 56.3. The molecule has 0 aliphatic carbocycles. The first-order valence-corrected chi connectivity index (χ1v) is 24.2. The molecule has 8 heteroatoms. The van der Waals surface area contributed by atoms with Crippen molar-refractivity contribution in [1.29, 1.82) is 0 Å². The summed E-state index contributed by atoms with van der Waals surface area (Å²) < 4.78 is 17.3. The maximum absolute atomic E-state index is 12.8. The largest absolute Gasteiger partial charge is 0.477 e. The fraction of sp³-hybridized carbons (Fsp3) is 0.784. The van der Waals surface area contributed by atoms with Crippen LogP contribution in [0.1, 0.15) is 206 Å². The van der Waals surface area contributed by atoms with Crippen LogP contribution in [0.15, 0.2) is 48.6 Å². The topological polar surface area (TPSA) is 99.1 Å². The molecule has 8 nitrogen and oxygen atoms in total. The van der Waals surface area contributed by atoms with Crippen LogP contribution in [0.3, 0.4) is 0 Å². The highest BCUT2D eigenvalue weighted by molar-refractivity contribution is 5.72. The van der Waals surface area contributed by atoms with E-state index in [2.05, 4.69) is 56.4 Å². The van der Waals surface area contributed by atoms with Crippen molar-refractivity contribution in [3.8, 4) is 0 Å². The van der Waals surface area contributed by atoms with E-state index in [1.165, 1.54) is 109 Å². The van der Waals surface area contributed by atoms with Crippen molar-refractivity contribution >= 4 is 17.9 Å². The van der Waals surface area contributed by atoms with Crippen LogP contribution < -0.4 is 0 Å². The first-order chi connectivity index (χ1) is 28.6. The van der Waals surface area contributed by atoms with Gasteiger partial charge in [-0.1, -0.05) is 178 Å². The number of aliphatic carboxylic acids is 1. The molecule has 0 rings (SSSR count). The lowest BCUT2D eigenvalue weighted by atomic mass is 10.0. The number of ether oxygens (including phenoxy) is 3. The number of quaternary nitrogens is 1. The second-order valence-corrected chi connectivity index (χ2v) is 17.4. The summed E-state index contributed by atoms with van der Waals surface area (Å²) >= 11 is 0. The van der Waals surface area contributed by atoms with Gasteiger partial charge in [-0.2, -0.15) is 0 Å². The van der Waals surface area contributed by atoms with E-state index < -0.39 is 18.1 Å². The normalized spacial score (nSPS) is 13.3. The maximum Gasteiger partial charge on any atom is 0.362 e. The lowest BCUT2D eigenvalue weighted by Crippen LogP contribution is -2.50. The third-order valence-electron chi connectivity index (χ3n) is 10.8. The summed E-state index contributed by atoms with van der Waals surface area (Å²) in [7, 11) is 5.52. The summed E-state index contributed by atoms with van der Waals surface area (Å²) in [6.45, 7) is 4.59. The zero-order valence-corrected chi connectivity index (χ0v) is 39.0. The molecular weight excluding hydrogens is 739 g/mol. The van der Waals surface area contributed by atoms with E-state index in [-0.39, 0.29) is 36.2 Å². The number of unbranched alkanes of at least 4 members (excludes halogenated alkanes) is 23. The van der Waals surface area contributed by atoms with Gasteiger partial charge in [0.15, 0.2) is 12.1 Å². The minimum Gasteiger partial charge on any atom is -0.477 e. The van der Waals surface area contributed by atoms with Gasteiger partial charge in [0.25, 0.3) is 0 Å². The van der Waals surface area contributed by atoms with Crippen molar-refractivity contribution < 1.29 is 38.2 Å². The van der Waals surface area contributed by atoms with Crippen molar-refractivity contribution in [2.24, 2.45) is 0 Å². The van der Waals surface area contributed by atoms with Gasteiger partial charge in [0.2, 0.25) is 0 Å². The molecule has 0 aromatic rings. The number of nitrogens with zero attached hydrogens (tertiary/aromatic N) is 1. The van der Waals surface area contributed by atoms with E-state index in [9.17, 15) is 19.5 Å². The van der Waals surface area contributed by atoms with Crippen molar-refractivity contribution in [1.82, 2.24) is 0 Å². The maximum atomic E-state index is 12.8. The molecule has 0 amide bonds. The Bertz CT molecular complexity index is 1110. The van der Waals surface area contributed by atoms with Gasteiger partial charge in [0, 0.05) is 19.3 Å². The smallest absolute Gasteiger partial charge is 0.362 e. The Hall–Kier alpha value is -2.71. The number of esters is 2. The molecule has 59 heavy (non-hydrogen) atoms. The number of allylic oxidation sites excluding steroid dienone is 8. The van der Waals surface area contributed by atoms with Gasteiger partial charge >= 0.3 is 17.9 Å². The predicted molar refractivity (Wildman–Crippen MR) is 248 cm³/mol. The quantitative estimate of drug-likeness (QED) is 0.0215. The fourth-order valence-electron chi connectivity index (χ4n) is 7.03. The van der Waals surface area contributed by atoms with Gasteiger partial charge in [-0.3, -0.25) is 9.59 Å². The number of carbonyl (C=O) groups is 3. The van der Waals surface area contributed by atoms with Crippen LogP contribution in [0.4, 0.5) is 0 Å². The summed E-state index contributed by atoms with van der Waals surface area (Å²) in [5, 5.41) is 9.63. The molecule has 2 unspecified atom stereocenters. The van der Waals surface area contributed by atoms with Gasteiger partial charge in [-0.05, 0) is 57.8 Å². The first-order valence-electron chi connectivity index (χ1n) is 24.2. The van der Waals surface area contributed by atoms with Crippen molar-refractivity contribution in [2.75, 3.05) is 41.0 Å². The highest BCUT2D eigenvalue weighted by Crippen LogP contribution is 2.15. The third kappa shape index (κ3) is 40.5. The molecule has 0 saturated carbocycles. The number of likely N-dealkylation sites (N-methyl/N-ethyl adjacent to an activating group) is 1. The van der Waals surface area contributed by atoms with Crippen LogP contribution in [0.25, 0.3) is 0 Å². The summed E-state index contributed by atoms with van der Waals surface area (Å²) in [5.41, 5.74) is 0. The molecule has 0 radical (unpaired) electrons. The summed E-state index contributed by atoms with van der Waals surface area (Å²) in [6, 6.07) is -0.619. The molecular formula is C51H92NO7+. The molecule has 0 aromatic heterocycles. The molecule has 0 fully saturated rings. The molecule has 2 atom stereocenters. The van der Waals surface area contributed by atoms with E-state index in [0.29, 0.717) is 19.3 Å². The molecule has 342 valence electrons. The van der Waals surface area contributed by atoms with Crippen molar-refractivity contribution in [3.63, 3.8) is 0 Å². The number of hydrogen-bond donors (Lipinski definition) is 1. The Balaban J connectivity index is 4.26. The molecule has 0 heterocycles. The molecule has 0 saturated heterocycles. The van der Waals surface area contributed by atoms with Crippen LogP contribution in [-0.2, 0) is 28.6 Å². The average molecular weight is 831 g/mol. The lowest BCUT2D eigenvalue weighted by Gasteiger charge is -2.31. The minimum atomic E-state index is -0.879. The average Bonchev–Trinajstić information content (AvgIpc) is 3.19. The van der Waals surface area contributed by atoms with E-state index in [4.69, 9.17) is 14.2 Å². The van der Waals surface area contributed by atoms with Crippen LogP contribution in [0, 0.1) is 0 Å². The van der Waals surface area contributed by atoms with Crippen LogP contribution in [-0.4, -0.2) is 80.6 Å². The number of hydrogen-bond acceptors (Lipinski definition) is 6. The molecule has 0 aromatic carbocycles. The van der Waals surface area contributed by atoms with Gasteiger partial charge < -0.3 is 23.8 Å². The summed E-state index contributed by atoms with van der Waals surface area (Å²) in [4.78, 5) is 37.0. The summed E-state index contributed by atoms with van der Waals surface area (Å²) in [5.74, 6) is -1.50. The van der Waals surface area contributed by atoms with Crippen LogP contribution >= 0.6 is 0 Å². The van der Waals surface area contributed by atoms with Crippen molar-refractivity contribution in [3.05, 3.63) is 48.6 Å². The van der Waals surface area contributed by atoms with E-state index in [1.807, 2.05) is 27.2 Å². The number of carbonyl (C=O) groups excluding carboxylic acids is 2. The molecule has 1 N–H and O–H groups in total. The summed E-state index contributed by atoms with van der Waals surface area (Å²) in [6.07, 6.45) is 50.2. The molecule has 0 aliphatic rings. The lowest BCUT2D eigenvalue weighted by molar-refractivity contribution is -0.887. The van der Waals surface area contributed by atoms with Gasteiger partial charge in [-0.25, -0.2) is 4.79 Å². The number of rotatable bonds is 43. The SMILES string of the molecule is CC/C=C/C=C/C=C/CCCCCCCC(=O)OCC(COCCC(C(=O)O)[N+](C)(C)C)OC(=O)CCCCCCCCC/C=C/CCCCCCCCCCCCC. The van der Waals surface area contributed by atoms with Crippen molar-refractivity contribution in [2.45, 2.75) is 219 Å². The Morgan fingerprint density at radius 3 is 1.44 bits per heavy atom. The Kier molecular flexibility index (Phi) is 40.1. The zero-order valence-electron chi connectivity index (χ0n) is 39.0. The third-order valence-corrected chi connectivity index (χ3v) is 10.8. The Morgan fingerprint density at radius 2 is 0.966 bits per heavy atom. The Labute approximate surface area is 363 Å². The number of carboxylic acid groups (broad SMARTS) is 1. The second-order valence-electron chi connectivity index (χ2n) is 17.4. The minimum absolute atomic E-state index is 0.0523. The second kappa shape index (κ2) is 42.0. The molecule has 0 spiro atoms. The van der Waals surface area contributed by atoms with Gasteiger partial charge in [-0.15, -0.1) is 0 Å². The highest BCUT2D eigenvalue weighted by Gasteiger charge is 2.31. The molecule has 0 aliphatic heterocycles. The van der Waals surface area contributed by atoms with E-state index >= 15 is 0 Å². The monoisotopic (exact) mass is 831 g/mol. The molecule has 0 bridgehead atoms. The fourth-order valence-corrected chi connectivity index (χ4v) is 7.03. The Morgan fingerprint density at radius 1 is 0.525 bits per heavy atom. The highest BCUT2D eigenvalue weighted by atomic mass is 16.6. The number of carboxylic acids is 1. The predicted octanol–water partition coefficient (Wildman–Crippen LogP) is 13.6. The zero-order chi connectivity index (χ0) is 43.5. The van der Waals surface area contributed by atoms with E-state index in [1.54, 1.807) is 0 Å². The van der Waals surface area contributed by atoms with Crippen LogP contribution in [0.2, 0.25) is 0 Å². The standard InChI is InChI=1S/C51H91NO7/c1-6-8-10-12-14-16-18-20-21-22-23-24-25-26-27-28-30-32-34-36-38-40-42-50(54)59-47(45-57-44-43-48(51(55)56)52(3,4)5)46-58-49(53)41-39-37-35-33-31-29-19-17-15-13-11-9-7-2/h9,11,13,15,17,19,25-26,47-48H,6-8,10,12,14,16,18,20-24,27-46H2,1-5H3/p+1/b11-9+,15-13+,19-17+,26-25+. The van der Waals surface area contributed by atoms with Crippen LogP contribution in [0.5, 0.6) is 0 Å². The van der Waals surface area contributed by atoms with E-state index in [0.717, 1.165) is 64.2 Å². The van der Waals surface area contributed by atoms with Gasteiger partial charge in [0.05, 0.1) is 34.4 Å².